The molecule has 3 N–H and O–H groups in total. The molecule has 0 saturated carbocycles. The van der Waals surface area contributed by atoms with E-state index in [1.807, 2.05) is 0 Å². The van der Waals surface area contributed by atoms with E-state index in [0.29, 0.717) is 32.8 Å². The first-order valence-corrected chi connectivity index (χ1v) is 10.8. The van der Waals surface area contributed by atoms with Gasteiger partial charge < -0.3 is 25.1 Å². The topological polar surface area (TPSA) is 123 Å². The lowest BCUT2D eigenvalue weighted by Crippen LogP contribution is -2.54. The molecule has 0 aliphatic heterocycles. The van der Waals surface area contributed by atoms with Gasteiger partial charge in [0, 0.05) is 33.9 Å². The molecule has 2 aromatic carbocycles. The summed E-state index contributed by atoms with van der Waals surface area (Å²) in [5, 5.41) is 8.46. The standard InChI is InChI=1S/C23H22Cl2N4O5/c1-23(2,11-27-20(30)13-6-14(24)8-15(25)7-13)29-22(32)21(31)28-16-4-5-17(18(9-16)33-3)19-10-26-12-34-19/h4-10,12H,11H2,1-3H3,(H,27,30)(H,28,31)(H,29,32). The smallest absolute Gasteiger partial charge is 0.313 e. The second-order valence-electron chi connectivity index (χ2n) is 7.91. The average Bonchev–Trinajstić information content (AvgIpc) is 3.31. The zero-order valence-corrected chi connectivity index (χ0v) is 20.1. The number of aromatic nitrogens is 1. The number of carbonyl (C=O) groups excluding carboxylic acids is 3. The number of nitrogens with one attached hydrogen (secondary N) is 3. The summed E-state index contributed by atoms with van der Waals surface area (Å²) in [6, 6.07) is 9.31. The van der Waals surface area contributed by atoms with Crippen LogP contribution < -0.4 is 20.7 Å². The molecule has 3 aromatic rings. The fraction of sp³-hybridized carbons (Fsp3) is 0.217. The van der Waals surface area contributed by atoms with Crippen molar-refractivity contribution >= 4 is 46.6 Å². The van der Waals surface area contributed by atoms with E-state index < -0.39 is 23.3 Å². The predicted octanol–water partition coefficient (Wildman–Crippen LogP) is 3.92. The number of nitrogens with zero attached hydrogens (tertiary/aromatic N) is 1. The maximum atomic E-state index is 12.4. The van der Waals surface area contributed by atoms with Gasteiger partial charge in [0.25, 0.3) is 5.91 Å². The zero-order valence-electron chi connectivity index (χ0n) is 18.6. The van der Waals surface area contributed by atoms with E-state index in [1.165, 1.54) is 37.9 Å². The number of hydrogen-bond donors (Lipinski definition) is 3. The number of anilines is 1. The maximum absolute atomic E-state index is 12.4. The van der Waals surface area contributed by atoms with Crippen molar-refractivity contribution in [2.75, 3.05) is 19.0 Å². The summed E-state index contributed by atoms with van der Waals surface area (Å²) in [5.74, 6) is -1.25. The molecular formula is C23H22Cl2N4O5. The second-order valence-corrected chi connectivity index (χ2v) is 8.79. The SMILES string of the molecule is COc1cc(NC(=O)C(=O)NC(C)(C)CNC(=O)c2cc(Cl)cc(Cl)c2)ccc1-c1cnco1. The van der Waals surface area contributed by atoms with Crippen LogP contribution in [0.5, 0.6) is 5.75 Å². The quantitative estimate of drug-likeness (QED) is 0.419. The molecule has 1 heterocycles. The van der Waals surface area contributed by atoms with Crippen LogP contribution in [-0.4, -0.2) is 41.9 Å². The Morgan fingerprint density at radius 1 is 1.06 bits per heavy atom. The van der Waals surface area contributed by atoms with Crippen molar-refractivity contribution in [2.45, 2.75) is 19.4 Å². The van der Waals surface area contributed by atoms with Gasteiger partial charge in [-0.1, -0.05) is 23.2 Å². The molecule has 1 aromatic heterocycles. The molecular weight excluding hydrogens is 483 g/mol. The number of hydrogen-bond acceptors (Lipinski definition) is 6. The van der Waals surface area contributed by atoms with Crippen LogP contribution in [0.3, 0.4) is 0 Å². The molecule has 0 spiro atoms. The number of rotatable bonds is 7. The third-order valence-electron chi connectivity index (χ3n) is 4.63. The molecule has 0 saturated heterocycles. The van der Waals surface area contributed by atoms with Gasteiger partial charge in [-0.2, -0.15) is 0 Å². The highest BCUT2D eigenvalue weighted by Crippen LogP contribution is 2.32. The minimum absolute atomic E-state index is 0.0503. The summed E-state index contributed by atoms with van der Waals surface area (Å²) in [6.07, 6.45) is 2.83. The highest BCUT2D eigenvalue weighted by molar-refractivity contribution is 6.39. The van der Waals surface area contributed by atoms with Gasteiger partial charge in [0.1, 0.15) is 5.75 Å². The number of ether oxygens (including phenoxy) is 1. The molecule has 0 aliphatic rings. The van der Waals surface area contributed by atoms with Crippen LogP contribution in [0.25, 0.3) is 11.3 Å². The number of amides is 3. The third-order valence-corrected chi connectivity index (χ3v) is 5.07. The third kappa shape index (κ3) is 6.49. The van der Waals surface area contributed by atoms with Crippen LogP contribution in [0.1, 0.15) is 24.2 Å². The second kappa shape index (κ2) is 10.6. The molecule has 0 atom stereocenters. The van der Waals surface area contributed by atoms with E-state index >= 15 is 0 Å². The molecule has 34 heavy (non-hydrogen) atoms. The van der Waals surface area contributed by atoms with Gasteiger partial charge in [-0.15, -0.1) is 0 Å². The van der Waals surface area contributed by atoms with Gasteiger partial charge in [-0.25, -0.2) is 4.98 Å². The fourth-order valence-electron chi connectivity index (χ4n) is 3.01. The van der Waals surface area contributed by atoms with Crippen molar-refractivity contribution in [1.29, 1.82) is 0 Å². The number of oxazole rings is 1. The van der Waals surface area contributed by atoms with E-state index in [-0.39, 0.29) is 12.1 Å². The predicted molar refractivity (Wildman–Crippen MR) is 128 cm³/mol. The minimum Gasteiger partial charge on any atom is -0.496 e. The highest BCUT2D eigenvalue weighted by Gasteiger charge is 2.26. The van der Waals surface area contributed by atoms with E-state index in [9.17, 15) is 14.4 Å². The number of halogens is 2. The molecule has 0 bridgehead atoms. The van der Waals surface area contributed by atoms with Gasteiger partial charge in [0.15, 0.2) is 12.2 Å². The number of methoxy groups -OCH3 is 1. The molecule has 178 valence electrons. The maximum Gasteiger partial charge on any atom is 0.313 e. The Balaban J connectivity index is 1.58. The molecule has 3 amide bonds. The van der Waals surface area contributed by atoms with E-state index in [0.717, 1.165) is 0 Å². The Morgan fingerprint density at radius 2 is 1.76 bits per heavy atom. The summed E-state index contributed by atoms with van der Waals surface area (Å²) in [4.78, 5) is 41.1. The summed E-state index contributed by atoms with van der Waals surface area (Å²) in [5.41, 5.74) is 0.338. The summed E-state index contributed by atoms with van der Waals surface area (Å²) in [7, 11) is 1.47. The normalized spacial score (nSPS) is 11.0. The van der Waals surface area contributed by atoms with E-state index in [1.54, 1.807) is 32.0 Å². The molecule has 9 nitrogen and oxygen atoms in total. The molecule has 11 heteroatoms. The molecule has 0 radical (unpaired) electrons. The fourth-order valence-corrected chi connectivity index (χ4v) is 3.53. The van der Waals surface area contributed by atoms with E-state index in [4.69, 9.17) is 32.4 Å². The van der Waals surface area contributed by atoms with Gasteiger partial charge in [-0.3, -0.25) is 14.4 Å². The Bertz CT molecular complexity index is 1190. The lowest BCUT2D eigenvalue weighted by molar-refractivity contribution is -0.137. The van der Waals surface area contributed by atoms with Gasteiger partial charge in [0.05, 0.1) is 24.4 Å². The Morgan fingerprint density at radius 3 is 2.38 bits per heavy atom. The first-order valence-electron chi connectivity index (χ1n) is 10.0. The summed E-state index contributed by atoms with van der Waals surface area (Å²) < 4.78 is 10.6. The van der Waals surface area contributed by atoms with Crippen molar-refractivity contribution < 1.29 is 23.5 Å². The Kier molecular flexibility index (Phi) is 7.80. The van der Waals surface area contributed by atoms with Crippen LogP contribution in [-0.2, 0) is 9.59 Å². The first kappa shape index (κ1) is 25.1. The average molecular weight is 505 g/mol. The summed E-state index contributed by atoms with van der Waals surface area (Å²) >= 11 is 11.9. The largest absolute Gasteiger partial charge is 0.496 e. The lowest BCUT2D eigenvalue weighted by Gasteiger charge is -2.26. The van der Waals surface area contributed by atoms with Crippen LogP contribution >= 0.6 is 23.2 Å². The van der Waals surface area contributed by atoms with Crippen molar-refractivity contribution in [3.05, 3.63) is 64.6 Å². The van der Waals surface area contributed by atoms with E-state index in [2.05, 4.69) is 20.9 Å². The number of carbonyl (C=O) groups is 3. The summed E-state index contributed by atoms with van der Waals surface area (Å²) in [6.45, 7) is 3.38. The van der Waals surface area contributed by atoms with Crippen LogP contribution in [0.2, 0.25) is 10.0 Å². The van der Waals surface area contributed by atoms with Gasteiger partial charge >= 0.3 is 11.8 Å². The first-order chi connectivity index (χ1) is 16.1. The molecule has 3 rings (SSSR count). The van der Waals surface area contributed by atoms with Gasteiger partial charge in [0.2, 0.25) is 0 Å². The lowest BCUT2D eigenvalue weighted by atomic mass is 10.1. The van der Waals surface area contributed by atoms with Crippen molar-refractivity contribution in [2.24, 2.45) is 0 Å². The van der Waals surface area contributed by atoms with Crippen LogP contribution in [0.15, 0.2) is 53.4 Å². The van der Waals surface area contributed by atoms with Crippen LogP contribution in [0, 0.1) is 0 Å². The highest BCUT2D eigenvalue weighted by atomic mass is 35.5. The van der Waals surface area contributed by atoms with Crippen molar-refractivity contribution in [3.8, 4) is 17.1 Å². The van der Waals surface area contributed by atoms with Crippen LogP contribution in [0.4, 0.5) is 5.69 Å². The Hall–Kier alpha value is -3.56. The monoisotopic (exact) mass is 504 g/mol. The molecule has 0 fully saturated rings. The Labute approximate surface area is 205 Å². The molecule has 0 unspecified atom stereocenters. The van der Waals surface area contributed by atoms with Crippen molar-refractivity contribution in [3.63, 3.8) is 0 Å². The van der Waals surface area contributed by atoms with Crippen molar-refractivity contribution in [1.82, 2.24) is 15.6 Å². The van der Waals surface area contributed by atoms with Gasteiger partial charge in [-0.05, 0) is 44.2 Å². The zero-order chi connectivity index (χ0) is 24.9. The molecule has 0 aliphatic carbocycles. The minimum atomic E-state index is -0.930. The number of benzene rings is 2.